The highest BCUT2D eigenvalue weighted by Gasteiger charge is 2.27. The fourth-order valence-electron chi connectivity index (χ4n) is 3.53. The number of para-hydroxylation sites is 1. The first-order valence-corrected chi connectivity index (χ1v) is 9.10. The van der Waals surface area contributed by atoms with E-state index in [1.807, 2.05) is 65.6 Å². The third kappa shape index (κ3) is 3.53. The number of rotatable bonds is 3. The highest BCUT2D eigenvalue weighted by molar-refractivity contribution is 5.95. The van der Waals surface area contributed by atoms with Gasteiger partial charge in [-0.25, -0.2) is 4.98 Å². The van der Waals surface area contributed by atoms with Crippen molar-refractivity contribution < 1.29 is 4.79 Å². The first kappa shape index (κ1) is 17.2. The van der Waals surface area contributed by atoms with Crippen LogP contribution >= 0.6 is 0 Å². The third-order valence-corrected chi connectivity index (χ3v) is 5.02. The molecule has 0 unspecified atom stereocenters. The normalized spacial score (nSPS) is 16.0. The minimum Gasteiger partial charge on any atom is -0.335 e. The Morgan fingerprint density at radius 3 is 2.37 bits per heavy atom. The summed E-state index contributed by atoms with van der Waals surface area (Å²) in [6, 6.07) is 23.4. The molecule has 1 atom stereocenters. The van der Waals surface area contributed by atoms with Crippen LogP contribution in [0.15, 0.2) is 66.7 Å². The molecule has 1 amide bonds. The molecule has 0 bridgehead atoms. The Kier molecular flexibility index (Phi) is 4.82. The van der Waals surface area contributed by atoms with Gasteiger partial charge in [-0.1, -0.05) is 54.6 Å². The number of piperazine rings is 1. The number of hydrogen-bond donors (Lipinski definition) is 0. The second-order valence-electron chi connectivity index (χ2n) is 6.66. The molecule has 0 radical (unpaired) electrons. The average Bonchev–Trinajstić information content (AvgIpc) is 2.75. The summed E-state index contributed by atoms with van der Waals surface area (Å²) in [6.45, 7) is 2.54. The summed E-state index contributed by atoms with van der Waals surface area (Å²) in [7, 11) is 0. The number of carbonyl (C=O) groups is 1. The molecular formula is C22H20N4O. The van der Waals surface area contributed by atoms with Gasteiger partial charge in [0.2, 0.25) is 0 Å². The monoisotopic (exact) mass is 356 g/mol. The van der Waals surface area contributed by atoms with Gasteiger partial charge in [-0.2, -0.15) is 5.26 Å². The average molecular weight is 356 g/mol. The summed E-state index contributed by atoms with van der Waals surface area (Å²) in [5.41, 5.74) is 2.30. The quantitative estimate of drug-likeness (QED) is 0.723. The Labute approximate surface area is 158 Å². The van der Waals surface area contributed by atoms with Crippen molar-refractivity contribution in [2.45, 2.75) is 6.04 Å². The molecule has 1 aliphatic rings. The number of amides is 1. The van der Waals surface area contributed by atoms with Crippen molar-refractivity contribution >= 4 is 16.8 Å². The predicted molar refractivity (Wildman–Crippen MR) is 104 cm³/mol. The van der Waals surface area contributed by atoms with E-state index in [1.165, 1.54) is 0 Å². The maximum Gasteiger partial charge on any atom is 0.272 e. The van der Waals surface area contributed by atoms with Gasteiger partial charge in [0.1, 0.15) is 11.7 Å². The maximum absolute atomic E-state index is 12.8. The molecule has 0 aliphatic carbocycles. The molecule has 0 saturated carbocycles. The number of pyridine rings is 1. The number of nitriles is 1. The van der Waals surface area contributed by atoms with Gasteiger partial charge in [-0.15, -0.1) is 0 Å². The first-order valence-electron chi connectivity index (χ1n) is 9.10. The van der Waals surface area contributed by atoms with Crippen molar-refractivity contribution in [3.8, 4) is 6.07 Å². The van der Waals surface area contributed by atoms with Gasteiger partial charge < -0.3 is 4.90 Å². The van der Waals surface area contributed by atoms with E-state index in [0.29, 0.717) is 31.9 Å². The van der Waals surface area contributed by atoms with Crippen molar-refractivity contribution in [3.63, 3.8) is 0 Å². The third-order valence-electron chi connectivity index (χ3n) is 5.02. The van der Waals surface area contributed by atoms with Gasteiger partial charge in [-0.05, 0) is 17.7 Å². The van der Waals surface area contributed by atoms with Crippen LogP contribution in [0, 0.1) is 11.3 Å². The largest absolute Gasteiger partial charge is 0.335 e. The fraction of sp³-hybridized carbons (Fsp3) is 0.227. The second-order valence-corrected chi connectivity index (χ2v) is 6.66. The minimum absolute atomic E-state index is 0.0476. The van der Waals surface area contributed by atoms with Crippen LogP contribution in [-0.2, 0) is 0 Å². The van der Waals surface area contributed by atoms with Crippen molar-refractivity contribution in [3.05, 3.63) is 78.0 Å². The summed E-state index contributed by atoms with van der Waals surface area (Å²) in [5.74, 6) is -0.0476. The minimum atomic E-state index is -0.276. The molecule has 0 spiro atoms. The van der Waals surface area contributed by atoms with E-state index >= 15 is 0 Å². The Hall–Kier alpha value is -3.23. The standard InChI is InChI=1S/C22H20N4O/c23-16-21(18-7-2-1-3-8-18)25-12-14-26(15-13-25)22(27)20-11-10-17-6-4-5-9-19(17)24-20/h1-11,21H,12-15H2/t21-/m0/s1. The Bertz CT molecular complexity index is 988. The number of nitrogens with zero attached hydrogens (tertiary/aromatic N) is 4. The van der Waals surface area contributed by atoms with Crippen molar-refractivity contribution in [2.24, 2.45) is 0 Å². The van der Waals surface area contributed by atoms with E-state index in [0.717, 1.165) is 16.5 Å². The summed E-state index contributed by atoms with van der Waals surface area (Å²) in [5, 5.41) is 10.6. The summed E-state index contributed by atoms with van der Waals surface area (Å²) >= 11 is 0. The van der Waals surface area contributed by atoms with Gasteiger partial charge in [0.05, 0.1) is 11.6 Å². The van der Waals surface area contributed by atoms with E-state index in [9.17, 15) is 10.1 Å². The summed E-state index contributed by atoms with van der Waals surface area (Å²) < 4.78 is 0. The zero-order valence-corrected chi connectivity index (χ0v) is 15.0. The summed E-state index contributed by atoms with van der Waals surface area (Å²) in [6.07, 6.45) is 0. The topological polar surface area (TPSA) is 60.2 Å². The summed E-state index contributed by atoms with van der Waals surface area (Å²) in [4.78, 5) is 21.3. The second kappa shape index (κ2) is 7.56. The lowest BCUT2D eigenvalue weighted by atomic mass is 10.1. The van der Waals surface area contributed by atoms with Gasteiger partial charge >= 0.3 is 0 Å². The molecule has 3 aromatic rings. The van der Waals surface area contributed by atoms with Crippen molar-refractivity contribution in [1.82, 2.24) is 14.8 Å². The Morgan fingerprint density at radius 2 is 1.63 bits per heavy atom. The van der Waals surface area contributed by atoms with Crippen molar-refractivity contribution in [1.29, 1.82) is 5.26 Å². The lowest BCUT2D eigenvalue weighted by Crippen LogP contribution is -2.49. The highest BCUT2D eigenvalue weighted by atomic mass is 16.2. The zero-order valence-electron chi connectivity index (χ0n) is 15.0. The highest BCUT2D eigenvalue weighted by Crippen LogP contribution is 2.22. The van der Waals surface area contributed by atoms with Crippen LogP contribution in [0.4, 0.5) is 0 Å². The van der Waals surface area contributed by atoms with Crippen molar-refractivity contribution in [2.75, 3.05) is 26.2 Å². The molecule has 5 nitrogen and oxygen atoms in total. The van der Waals surface area contributed by atoms with Crippen LogP contribution in [0.25, 0.3) is 10.9 Å². The molecule has 5 heteroatoms. The SMILES string of the molecule is N#C[C@@H](c1ccccc1)N1CCN(C(=O)c2ccc3ccccc3n2)CC1. The Balaban J connectivity index is 1.45. The molecule has 2 aromatic carbocycles. The molecule has 134 valence electrons. The zero-order chi connectivity index (χ0) is 18.6. The molecule has 1 fully saturated rings. The number of benzene rings is 2. The Morgan fingerprint density at radius 1 is 0.926 bits per heavy atom. The molecule has 27 heavy (non-hydrogen) atoms. The van der Waals surface area contributed by atoms with Gasteiger partial charge in [0, 0.05) is 31.6 Å². The van der Waals surface area contributed by atoms with E-state index < -0.39 is 0 Å². The van der Waals surface area contributed by atoms with Crippen LogP contribution in [0.3, 0.4) is 0 Å². The molecule has 2 heterocycles. The van der Waals surface area contributed by atoms with E-state index in [4.69, 9.17) is 0 Å². The predicted octanol–water partition coefficient (Wildman–Crippen LogP) is 3.26. The van der Waals surface area contributed by atoms with Crippen LogP contribution in [0.1, 0.15) is 22.1 Å². The van der Waals surface area contributed by atoms with E-state index in [2.05, 4.69) is 16.0 Å². The van der Waals surface area contributed by atoms with Gasteiger partial charge in [-0.3, -0.25) is 9.69 Å². The molecule has 4 rings (SSSR count). The van der Waals surface area contributed by atoms with Crippen LogP contribution in [0.5, 0.6) is 0 Å². The lowest BCUT2D eigenvalue weighted by molar-refractivity contribution is 0.0601. The number of carbonyl (C=O) groups excluding carboxylic acids is 1. The van der Waals surface area contributed by atoms with Gasteiger partial charge in [0.15, 0.2) is 0 Å². The van der Waals surface area contributed by atoms with Crippen LogP contribution < -0.4 is 0 Å². The molecular weight excluding hydrogens is 336 g/mol. The van der Waals surface area contributed by atoms with E-state index in [-0.39, 0.29) is 11.9 Å². The van der Waals surface area contributed by atoms with Crippen LogP contribution in [0.2, 0.25) is 0 Å². The van der Waals surface area contributed by atoms with Gasteiger partial charge in [0.25, 0.3) is 5.91 Å². The smallest absolute Gasteiger partial charge is 0.272 e. The number of hydrogen-bond acceptors (Lipinski definition) is 4. The maximum atomic E-state index is 12.8. The van der Waals surface area contributed by atoms with Crippen LogP contribution in [-0.4, -0.2) is 46.9 Å². The molecule has 0 N–H and O–H groups in total. The molecule has 1 saturated heterocycles. The first-order chi connectivity index (χ1) is 13.3. The molecule has 1 aliphatic heterocycles. The number of fused-ring (bicyclic) bond motifs is 1. The van der Waals surface area contributed by atoms with E-state index in [1.54, 1.807) is 6.07 Å². The fourth-order valence-corrected chi connectivity index (χ4v) is 3.53. The molecule has 1 aromatic heterocycles. The number of aromatic nitrogens is 1. The lowest BCUT2D eigenvalue weighted by Gasteiger charge is -2.36.